The van der Waals surface area contributed by atoms with Crippen molar-refractivity contribution in [1.29, 1.82) is 5.26 Å². The number of pyridine rings is 2. The molecule has 3 atom stereocenters. The Labute approximate surface area is 219 Å². The molecule has 0 radical (unpaired) electrons. The number of benzene rings is 1. The summed E-state index contributed by atoms with van der Waals surface area (Å²) in [6, 6.07) is 15.2. The summed E-state index contributed by atoms with van der Waals surface area (Å²) in [5.41, 5.74) is 5.12. The van der Waals surface area contributed by atoms with Crippen molar-refractivity contribution in [3.8, 4) is 6.07 Å². The largest absolute Gasteiger partial charge is 0.370 e. The van der Waals surface area contributed by atoms with Crippen molar-refractivity contribution < 1.29 is 4.74 Å². The monoisotopic (exact) mass is 497 g/mol. The fourth-order valence-electron chi connectivity index (χ4n) is 6.11. The Balaban J connectivity index is 1.10. The average molecular weight is 498 g/mol. The summed E-state index contributed by atoms with van der Waals surface area (Å²) in [5.74, 6) is 1.11. The Kier molecular flexibility index (Phi) is 6.45. The van der Waals surface area contributed by atoms with Gasteiger partial charge in [0, 0.05) is 75.7 Å². The zero-order valence-electron chi connectivity index (χ0n) is 22.0. The molecule has 0 aliphatic carbocycles. The number of morpholine rings is 1. The smallest absolute Gasteiger partial charge is 0.128 e. The van der Waals surface area contributed by atoms with E-state index in [0.29, 0.717) is 11.6 Å². The van der Waals surface area contributed by atoms with Gasteiger partial charge in [0.25, 0.3) is 0 Å². The number of nitriles is 1. The SMILES string of the molecule is CC1c2ccc(N3CCN(C[C@H]4CN(c5ccc(C#N)c6ncccc56)C[C@@H](C)O4)CC3)nc2CN1C. The molecule has 8 heteroatoms. The second kappa shape index (κ2) is 9.90. The maximum Gasteiger partial charge on any atom is 0.128 e. The molecule has 8 nitrogen and oxygen atoms in total. The minimum Gasteiger partial charge on any atom is -0.370 e. The lowest BCUT2D eigenvalue weighted by Crippen LogP contribution is -2.54. The number of aromatic nitrogens is 2. The molecule has 2 fully saturated rings. The third-order valence-electron chi connectivity index (χ3n) is 8.20. The highest BCUT2D eigenvalue weighted by atomic mass is 16.5. The molecule has 1 aromatic carbocycles. The number of nitrogens with zero attached hydrogens (tertiary/aromatic N) is 7. The molecule has 0 spiro atoms. The number of hydrogen-bond acceptors (Lipinski definition) is 8. The van der Waals surface area contributed by atoms with Crippen LogP contribution in [0.3, 0.4) is 0 Å². The van der Waals surface area contributed by atoms with Gasteiger partial charge in [-0.3, -0.25) is 14.8 Å². The summed E-state index contributed by atoms with van der Waals surface area (Å²) in [6.07, 6.45) is 2.03. The van der Waals surface area contributed by atoms with Crippen molar-refractivity contribution >= 4 is 22.4 Å². The molecule has 2 aromatic heterocycles. The van der Waals surface area contributed by atoms with E-state index in [1.807, 2.05) is 12.1 Å². The van der Waals surface area contributed by atoms with Crippen LogP contribution in [0.5, 0.6) is 0 Å². The molecule has 5 heterocycles. The van der Waals surface area contributed by atoms with Gasteiger partial charge >= 0.3 is 0 Å². The van der Waals surface area contributed by atoms with Crippen LogP contribution >= 0.6 is 0 Å². The van der Waals surface area contributed by atoms with Gasteiger partial charge in [-0.05, 0) is 56.8 Å². The highest BCUT2D eigenvalue weighted by Gasteiger charge is 2.30. The molecule has 0 saturated carbocycles. The van der Waals surface area contributed by atoms with E-state index in [9.17, 15) is 5.26 Å². The van der Waals surface area contributed by atoms with E-state index in [0.717, 1.165) is 74.8 Å². The van der Waals surface area contributed by atoms with Gasteiger partial charge in [-0.25, -0.2) is 4.98 Å². The van der Waals surface area contributed by atoms with Gasteiger partial charge in [-0.2, -0.15) is 5.26 Å². The van der Waals surface area contributed by atoms with Crippen molar-refractivity contribution in [2.24, 2.45) is 0 Å². The van der Waals surface area contributed by atoms with Crippen molar-refractivity contribution in [3.63, 3.8) is 0 Å². The zero-order valence-corrected chi connectivity index (χ0v) is 22.0. The standard InChI is InChI=1S/C29H35N7O/c1-20-16-36(27-8-6-22(15-30)29-25(27)5-4-10-31-29)18-23(37-20)17-34-11-13-35(14-12-34)28-9-7-24-21(2)33(3)19-26(24)32-28/h4-10,20-21,23H,11-14,16-19H2,1-3H3/t20-,21?,23+/m1/s1. The fraction of sp³-hybridized carbons (Fsp3) is 0.483. The summed E-state index contributed by atoms with van der Waals surface area (Å²) in [6.45, 7) is 11.9. The predicted octanol–water partition coefficient (Wildman–Crippen LogP) is 3.42. The maximum atomic E-state index is 9.52. The van der Waals surface area contributed by atoms with Crippen LogP contribution in [0.25, 0.3) is 10.9 Å². The number of rotatable bonds is 4. The van der Waals surface area contributed by atoms with Gasteiger partial charge in [0.1, 0.15) is 11.9 Å². The lowest BCUT2D eigenvalue weighted by Gasteiger charge is -2.42. The van der Waals surface area contributed by atoms with Crippen molar-refractivity contribution in [2.45, 2.75) is 38.6 Å². The van der Waals surface area contributed by atoms with Crippen LogP contribution in [0.2, 0.25) is 0 Å². The minimum absolute atomic E-state index is 0.132. The van der Waals surface area contributed by atoms with Gasteiger partial charge in [-0.1, -0.05) is 6.07 Å². The van der Waals surface area contributed by atoms with Crippen LogP contribution in [0, 0.1) is 11.3 Å². The summed E-state index contributed by atoms with van der Waals surface area (Å²) in [4.78, 5) is 19.2. The summed E-state index contributed by atoms with van der Waals surface area (Å²) >= 11 is 0. The molecular formula is C29H35N7O. The normalized spacial score (nSPS) is 24.9. The first kappa shape index (κ1) is 24.1. The molecule has 1 unspecified atom stereocenters. The third-order valence-corrected chi connectivity index (χ3v) is 8.20. The van der Waals surface area contributed by atoms with Crippen LogP contribution in [-0.2, 0) is 11.3 Å². The van der Waals surface area contributed by atoms with E-state index < -0.39 is 0 Å². The van der Waals surface area contributed by atoms with Crippen molar-refractivity contribution in [2.75, 3.05) is 62.7 Å². The van der Waals surface area contributed by atoms with Gasteiger partial charge in [0.15, 0.2) is 0 Å². The zero-order chi connectivity index (χ0) is 25.5. The molecule has 0 N–H and O–H groups in total. The lowest BCUT2D eigenvalue weighted by molar-refractivity contribution is -0.0327. The number of hydrogen-bond donors (Lipinski definition) is 0. The topological polar surface area (TPSA) is 71.8 Å². The number of piperazine rings is 1. The molecule has 3 aromatic rings. The van der Waals surface area contributed by atoms with Crippen LogP contribution in [0.15, 0.2) is 42.6 Å². The highest BCUT2D eigenvalue weighted by molar-refractivity contribution is 5.95. The molecule has 3 aliphatic rings. The van der Waals surface area contributed by atoms with Crippen LogP contribution in [0.1, 0.15) is 36.7 Å². The van der Waals surface area contributed by atoms with E-state index in [4.69, 9.17) is 9.72 Å². The van der Waals surface area contributed by atoms with Crippen molar-refractivity contribution in [1.82, 2.24) is 19.8 Å². The Morgan fingerprint density at radius 3 is 2.68 bits per heavy atom. The van der Waals surface area contributed by atoms with Gasteiger partial charge in [0.2, 0.25) is 0 Å². The molecule has 0 bridgehead atoms. The summed E-state index contributed by atoms with van der Waals surface area (Å²) in [5, 5.41) is 10.6. The Hall–Kier alpha value is -3.25. The first-order chi connectivity index (χ1) is 18.0. The van der Waals surface area contributed by atoms with E-state index in [1.165, 1.54) is 11.3 Å². The Bertz CT molecular complexity index is 1330. The van der Waals surface area contributed by atoms with E-state index in [1.54, 1.807) is 6.20 Å². The van der Waals surface area contributed by atoms with Crippen LogP contribution in [0.4, 0.5) is 11.5 Å². The molecule has 3 aliphatic heterocycles. The third kappa shape index (κ3) is 4.63. The summed E-state index contributed by atoms with van der Waals surface area (Å²) in [7, 11) is 2.17. The fourth-order valence-corrected chi connectivity index (χ4v) is 6.11. The number of ether oxygens (including phenoxy) is 1. The molecule has 192 valence electrons. The first-order valence-electron chi connectivity index (χ1n) is 13.4. The predicted molar refractivity (Wildman–Crippen MR) is 146 cm³/mol. The number of anilines is 2. The second-order valence-electron chi connectivity index (χ2n) is 10.7. The van der Waals surface area contributed by atoms with Crippen LogP contribution in [-0.4, -0.2) is 84.8 Å². The summed E-state index contributed by atoms with van der Waals surface area (Å²) < 4.78 is 6.40. The van der Waals surface area contributed by atoms with Gasteiger partial charge in [0.05, 0.1) is 29.0 Å². The average Bonchev–Trinajstić information content (AvgIpc) is 3.20. The molecular weight excluding hydrogens is 462 g/mol. The van der Waals surface area contributed by atoms with E-state index in [2.05, 4.69) is 75.8 Å². The van der Waals surface area contributed by atoms with E-state index in [-0.39, 0.29) is 12.2 Å². The number of fused-ring (bicyclic) bond motifs is 2. The Morgan fingerprint density at radius 1 is 1.03 bits per heavy atom. The highest BCUT2D eigenvalue weighted by Crippen LogP contribution is 2.33. The van der Waals surface area contributed by atoms with Gasteiger partial charge in [-0.15, -0.1) is 0 Å². The molecule has 37 heavy (non-hydrogen) atoms. The molecule has 2 saturated heterocycles. The second-order valence-corrected chi connectivity index (χ2v) is 10.7. The molecule has 0 amide bonds. The maximum absolute atomic E-state index is 9.52. The van der Waals surface area contributed by atoms with Gasteiger partial charge < -0.3 is 14.5 Å². The quantitative estimate of drug-likeness (QED) is 0.543. The lowest BCUT2D eigenvalue weighted by atomic mass is 10.1. The minimum atomic E-state index is 0.132. The molecule has 6 rings (SSSR count). The van der Waals surface area contributed by atoms with Crippen molar-refractivity contribution in [3.05, 3.63) is 59.4 Å². The Morgan fingerprint density at radius 2 is 1.86 bits per heavy atom. The van der Waals surface area contributed by atoms with Crippen LogP contribution < -0.4 is 9.80 Å². The van der Waals surface area contributed by atoms with E-state index >= 15 is 0 Å². The first-order valence-corrected chi connectivity index (χ1v) is 13.4.